The summed E-state index contributed by atoms with van der Waals surface area (Å²) >= 11 is 5.89. The van der Waals surface area contributed by atoms with Crippen LogP contribution in [0.2, 0.25) is 5.15 Å². The zero-order chi connectivity index (χ0) is 12.3. The predicted octanol–water partition coefficient (Wildman–Crippen LogP) is 2.81. The molecule has 2 aromatic rings. The standard InChI is InChI=1S/C12H11ClN2O2/c1-16-9-5-3-4-8(6-9)12-14-10(13)7-11(15-12)17-2/h3-7H,1-2H3. The van der Waals surface area contributed by atoms with Crippen LogP contribution in [0.15, 0.2) is 30.3 Å². The maximum atomic E-state index is 5.89. The molecule has 1 aromatic carbocycles. The molecule has 5 heteroatoms. The van der Waals surface area contributed by atoms with E-state index in [1.165, 1.54) is 7.11 Å². The minimum Gasteiger partial charge on any atom is -0.497 e. The van der Waals surface area contributed by atoms with Gasteiger partial charge in [-0.05, 0) is 12.1 Å². The summed E-state index contributed by atoms with van der Waals surface area (Å²) in [6, 6.07) is 9.00. The molecule has 88 valence electrons. The van der Waals surface area contributed by atoms with Crippen LogP contribution < -0.4 is 9.47 Å². The molecule has 4 nitrogen and oxygen atoms in total. The Labute approximate surface area is 104 Å². The zero-order valence-electron chi connectivity index (χ0n) is 9.48. The summed E-state index contributed by atoms with van der Waals surface area (Å²) in [5, 5.41) is 0.342. The van der Waals surface area contributed by atoms with Crippen LogP contribution in [0.4, 0.5) is 0 Å². The quantitative estimate of drug-likeness (QED) is 0.786. The molecule has 0 spiro atoms. The van der Waals surface area contributed by atoms with Crippen LogP contribution in [0.1, 0.15) is 0 Å². The number of halogens is 1. The van der Waals surface area contributed by atoms with Crippen molar-refractivity contribution in [3.8, 4) is 23.0 Å². The molecule has 0 fully saturated rings. The first-order valence-corrected chi connectivity index (χ1v) is 5.33. The van der Waals surface area contributed by atoms with Crippen LogP contribution in [-0.2, 0) is 0 Å². The van der Waals surface area contributed by atoms with Gasteiger partial charge in [-0.1, -0.05) is 23.7 Å². The van der Waals surface area contributed by atoms with Gasteiger partial charge in [-0.2, -0.15) is 4.98 Å². The number of hydrogen-bond donors (Lipinski definition) is 0. The zero-order valence-corrected chi connectivity index (χ0v) is 10.2. The average Bonchev–Trinajstić information content (AvgIpc) is 2.38. The molecule has 1 heterocycles. The van der Waals surface area contributed by atoms with Crippen molar-refractivity contribution >= 4 is 11.6 Å². The number of ether oxygens (including phenoxy) is 2. The molecule has 0 saturated heterocycles. The van der Waals surface area contributed by atoms with Crippen LogP contribution in [0.25, 0.3) is 11.4 Å². The van der Waals surface area contributed by atoms with Crippen molar-refractivity contribution in [2.24, 2.45) is 0 Å². The fourth-order valence-electron chi connectivity index (χ4n) is 1.39. The third kappa shape index (κ3) is 2.65. The van der Waals surface area contributed by atoms with E-state index in [9.17, 15) is 0 Å². The van der Waals surface area contributed by atoms with Crippen molar-refractivity contribution < 1.29 is 9.47 Å². The molecule has 0 atom stereocenters. The van der Waals surface area contributed by atoms with Gasteiger partial charge in [0, 0.05) is 11.6 Å². The molecule has 17 heavy (non-hydrogen) atoms. The van der Waals surface area contributed by atoms with Gasteiger partial charge >= 0.3 is 0 Å². The van der Waals surface area contributed by atoms with E-state index in [1.807, 2.05) is 24.3 Å². The third-order valence-electron chi connectivity index (χ3n) is 2.21. The predicted molar refractivity (Wildman–Crippen MR) is 65.6 cm³/mol. The summed E-state index contributed by atoms with van der Waals surface area (Å²) in [5.41, 5.74) is 0.824. The van der Waals surface area contributed by atoms with Crippen molar-refractivity contribution in [1.82, 2.24) is 9.97 Å². The van der Waals surface area contributed by atoms with Crippen LogP contribution in [0.3, 0.4) is 0 Å². The first-order valence-electron chi connectivity index (χ1n) is 4.96. The van der Waals surface area contributed by atoms with Crippen molar-refractivity contribution in [3.05, 3.63) is 35.5 Å². The number of benzene rings is 1. The fourth-order valence-corrected chi connectivity index (χ4v) is 1.57. The average molecular weight is 251 g/mol. The second-order valence-corrected chi connectivity index (χ2v) is 3.68. The van der Waals surface area contributed by atoms with Crippen LogP contribution in [0, 0.1) is 0 Å². The maximum Gasteiger partial charge on any atom is 0.218 e. The van der Waals surface area contributed by atoms with Gasteiger partial charge in [0.05, 0.1) is 14.2 Å². The van der Waals surface area contributed by atoms with Crippen LogP contribution in [-0.4, -0.2) is 24.2 Å². The number of hydrogen-bond acceptors (Lipinski definition) is 4. The highest BCUT2D eigenvalue weighted by atomic mass is 35.5. The summed E-state index contributed by atoms with van der Waals surface area (Å²) < 4.78 is 10.2. The van der Waals surface area contributed by atoms with E-state index < -0.39 is 0 Å². The van der Waals surface area contributed by atoms with E-state index in [4.69, 9.17) is 21.1 Å². The molecular weight excluding hydrogens is 240 g/mol. The summed E-state index contributed by atoms with van der Waals surface area (Å²) in [6.07, 6.45) is 0. The van der Waals surface area contributed by atoms with Crippen LogP contribution >= 0.6 is 11.6 Å². The molecule has 0 N–H and O–H groups in total. The summed E-state index contributed by atoms with van der Waals surface area (Å²) in [6.45, 7) is 0. The smallest absolute Gasteiger partial charge is 0.218 e. The highest BCUT2D eigenvalue weighted by Gasteiger charge is 2.06. The molecule has 0 aliphatic carbocycles. The summed E-state index contributed by atoms with van der Waals surface area (Å²) in [7, 11) is 3.15. The van der Waals surface area contributed by atoms with E-state index in [1.54, 1.807) is 13.2 Å². The van der Waals surface area contributed by atoms with E-state index in [2.05, 4.69) is 9.97 Å². The second kappa shape index (κ2) is 5.01. The van der Waals surface area contributed by atoms with E-state index in [-0.39, 0.29) is 0 Å². The van der Waals surface area contributed by atoms with Gasteiger partial charge < -0.3 is 9.47 Å². The largest absolute Gasteiger partial charge is 0.497 e. The Balaban J connectivity index is 2.47. The lowest BCUT2D eigenvalue weighted by Crippen LogP contribution is -1.94. The van der Waals surface area contributed by atoms with Crippen molar-refractivity contribution in [2.75, 3.05) is 14.2 Å². The monoisotopic (exact) mass is 250 g/mol. The molecule has 0 radical (unpaired) electrons. The van der Waals surface area contributed by atoms with E-state index in [0.717, 1.165) is 11.3 Å². The second-order valence-electron chi connectivity index (χ2n) is 3.29. The number of nitrogens with zero attached hydrogens (tertiary/aromatic N) is 2. The lowest BCUT2D eigenvalue weighted by atomic mass is 10.2. The first-order chi connectivity index (χ1) is 8.22. The van der Waals surface area contributed by atoms with Gasteiger partial charge in [0.25, 0.3) is 0 Å². The first kappa shape index (κ1) is 11.7. The molecule has 0 bridgehead atoms. The maximum absolute atomic E-state index is 5.89. The van der Waals surface area contributed by atoms with Crippen LogP contribution in [0.5, 0.6) is 11.6 Å². The van der Waals surface area contributed by atoms with Gasteiger partial charge in [-0.15, -0.1) is 0 Å². The Kier molecular flexibility index (Phi) is 3.44. The minimum absolute atomic E-state index is 0.342. The van der Waals surface area contributed by atoms with Crippen molar-refractivity contribution in [3.63, 3.8) is 0 Å². The van der Waals surface area contributed by atoms with E-state index in [0.29, 0.717) is 16.9 Å². The minimum atomic E-state index is 0.342. The van der Waals surface area contributed by atoms with Gasteiger partial charge in [-0.25, -0.2) is 4.98 Å². The third-order valence-corrected chi connectivity index (χ3v) is 2.40. The number of rotatable bonds is 3. The Hall–Kier alpha value is -1.81. The summed E-state index contributed by atoms with van der Waals surface area (Å²) in [4.78, 5) is 8.37. The lowest BCUT2D eigenvalue weighted by Gasteiger charge is -2.05. The normalized spacial score (nSPS) is 10.1. The number of methoxy groups -OCH3 is 2. The SMILES string of the molecule is COc1cccc(-c2nc(Cl)cc(OC)n2)c1. The Morgan fingerprint density at radius 3 is 2.59 bits per heavy atom. The Morgan fingerprint density at radius 1 is 1.06 bits per heavy atom. The number of aromatic nitrogens is 2. The van der Waals surface area contributed by atoms with Gasteiger partial charge in [0.2, 0.25) is 5.88 Å². The van der Waals surface area contributed by atoms with E-state index >= 15 is 0 Å². The molecule has 0 unspecified atom stereocenters. The molecule has 0 aliphatic rings. The molecular formula is C12H11ClN2O2. The molecule has 0 aliphatic heterocycles. The van der Waals surface area contributed by atoms with Crippen molar-refractivity contribution in [2.45, 2.75) is 0 Å². The highest BCUT2D eigenvalue weighted by Crippen LogP contribution is 2.24. The Bertz CT molecular complexity index is 532. The molecule has 2 rings (SSSR count). The topological polar surface area (TPSA) is 44.2 Å². The van der Waals surface area contributed by atoms with Gasteiger partial charge in [0.1, 0.15) is 10.9 Å². The molecule has 0 saturated carbocycles. The molecule has 0 amide bonds. The highest BCUT2D eigenvalue weighted by molar-refractivity contribution is 6.29. The lowest BCUT2D eigenvalue weighted by molar-refractivity contribution is 0.397. The fraction of sp³-hybridized carbons (Fsp3) is 0.167. The van der Waals surface area contributed by atoms with Gasteiger partial charge in [-0.3, -0.25) is 0 Å². The molecule has 1 aromatic heterocycles. The summed E-state index contributed by atoms with van der Waals surface area (Å²) in [5.74, 6) is 1.68. The van der Waals surface area contributed by atoms with Gasteiger partial charge in [0.15, 0.2) is 5.82 Å². The Morgan fingerprint density at radius 2 is 1.88 bits per heavy atom. The van der Waals surface area contributed by atoms with Crippen molar-refractivity contribution in [1.29, 1.82) is 0 Å².